The molecular weight excluding hydrogens is 204 g/mol. The zero-order valence-corrected chi connectivity index (χ0v) is 9.80. The lowest BCUT2D eigenvalue weighted by Crippen LogP contribution is -2.19. The molecule has 16 heavy (non-hydrogen) atoms. The van der Waals surface area contributed by atoms with Gasteiger partial charge < -0.3 is 10.6 Å². The predicted octanol–water partition coefficient (Wildman–Crippen LogP) is 0.210. The molecule has 0 saturated heterocycles. The first-order chi connectivity index (χ1) is 7.69. The van der Waals surface area contributed by atoms with Crippen LogP contribution in [-0.2, 0) is 9.59 Å². The number of allylic oxidation sites excluding steroid dienone is 2. The van der Waals surface area contributed by atoms with Crippen molar-refractivity contribution < 1.29 is 9.59 Å². The minimum atomic E-state index is -0.0269. The lowest BCUT2D eigenvalue weighted by atomic mass is 9.93. The largest absolute Gasteiger partial charge is 0.319 e. The molecule has 0 bridgehead atoms. The van der Waals surface area contributed by atoms with Gasteiger partial charge in [0.1, 0.15) is 0 Å². The predicted molar refractivity (Wildman–Crippen MR) is 63.3 cm³/mol. The number of carbonyl (C=O) groups excluding carboxylic acids is 2. The molecule has 0 aromatic carbocycles. The molecule has 0 fully saturated rings. The molecule has 88 valence electrons. The van der Waals surface area contributed by atoms with Crippen LogP contribution in [0.1, 0.15) is 12.8 Å². The van der Waals surface area contributed by atoms with Crippen molar-refractivity contribution >= 4 is 11.6 Å². The summed E-state index contributed by atoms with van der Waals surface area (Å²) in [6.07, 6.45) is 4.17. The van der Waals surface area contributed by atoms with Gasteiger partial charge in [-0.25, -0.2) is 0 Å². The van der Waals surface area contributed by atoms with Gasteiger partial charge in [0.05, 0.1) is 0 Å². The van der Waals surface area contributed by atoms with Crippen molar-refractivity contribution in [3.8, 4) is 0 Å². The van der Waals surface area contributed by atoms with E-state index < -0.39 is 0 Å². The second-order valence-corrected chi connectivity index (χ2v) is 3.77. The van der Waals surface area contributed by atoms with Crippen LogP contribution in [0, 0.1) is 0 Å². The summed E-state index contributed by atoms with van der Waals surface area (Å²) in [4.78, 5) is 23.3. The first kappa shape index (κ1) is 12.8. The summed E-state index contributed by atoms with van der Waals surface area (Å²) in [7, 11) is 3.65. The summed E-state index contributed by atoms with van der Waals surface area (Å²) < 4.78 is 0. The number of nitrogens with one attached hydrogen (secondary N) is 2. The number of carbonyl (C=O) groups is 2. The van der Waals surface area contributed by atoms with Gasteiger partial charge in [0.25, 0.3) is 0 Å². The van der Waals surface area contributed by atoms with Crippen LogP contribution in [-0.4, -0.2) is 38.8 Å². The molecule has 4 nitrogen and oxygen atoms in total. The number of rotatable bonds is 6. The van der Waals surface area contributed by atoms with Crippen LogP contribution in [0.5, 0.6) is 0 Å². The molecule has 1 rings (SSSR count). The molecule has 0 amide bonds. The standard InChI is InChI=1S/C12H18N2O2/c1-13-5-3-9-7-12(16)10(4-6-14-2)8-11(9)15/h7-8,13-14H,3-6H2,1-2H3. The maximum atomic E-state index is 11.7. The third kappa shape index (κ3) is 3.40. The van der Waals surface area contributed by atoms with Crippen LogP contribution in [0.15, 0.2) is 23.3 Å². The lowest BCUT2D eigenvalue weighted by Gasteiger charge is -2.11. The summed E-state index contributed by atoms with van der Waals surface area (Å²) in [6.45, 7) is 1.43. The van der Waals surface area contributed by atoms with Crippen LogP contribution in [0.25, 0.3) is 0 Å². The highest BCUT2D eigenvalue weighted by Gasteiger charge is 2.18. The molecule has 1 aliphatic rings. The molecule has 0 spiro atoms. The molecule has 1 aliphatic carbocycles. The van der Waals surface area contributed by atoms with Gasteiger partial charge in [0, 0.05) is 11.1 Å². The fraction of sp³-hybridized carbons (Fsp3) is 0.500. The second-order valence-electron chi connectivity index (χ2n) is 3.77. The van der Waals surface area contributed by atoms with Crippen molar-refractivity contribution in [1.29, 1.82) is 0 Å². The average molecular weight is 222 g/mol. The van der Waals surface area contributed by atoms with Crippen molar-refractivity contribution in [2.75, 3.05) is 27.2 Å². The van der Waals surface area contributed by atoms with E-state index in [2.05, 4.69) is 10.6 Å². The fourth-order valence-electron chi connectivity index (χ4n) is 1.55. The van der Waals surface area contributed by atoms with E-state index in [0.717, 1.165) is 0 Å². The van der Waals surface area contributed by atoms with Gasteiger partial charge >= 0.3 is 0 Å². The summed E-state index contributed by atoms with van der Waals surface area (Å²) in [6, 6.07) is 0. The molecule has 0 radical (unpaired) electrons. The minimum Gasteiger partial charge on any atom is -0.319 e. The molecule has 0 unspecified atom stereocenters. The van der Waals surface area contributed by atoms with Gasteiger partial charge in [-0.05, 0) is 52.2 Å². The lowest BCUT2D eigenvalue weighted by molar-refractivity contribution is -0.115. The third-order valence-corrected chi connectivity index (χ3v) is 2.53. The Labute approximate surface area is 95.8 Å². The van der Waals surface area contributed by atoms with Gasteiger partial charge in [-0.2, -0.15) is 0 Å². The molecule has 0 aliphatic heterocycles. The molecule has 0 heterocycles. The van der Waals surface area contributed by atoms with E-state index in [1.54, 1.807) is 0 Å². The summed E-state index contributed by atoms with van der Waals surface area (Å²) in [5.41, 5.74) is 1.21. The fourth-order valence-corrected chi connectivity index (χ4v) is 1.55. The van der Waals surface area contributed by atoms with Crippen LogP contribution in [0.4, 0.5) is 0 Å². The molecule has 0 aromatic rings. The Morgan fingerprint density at radius 2 is 1.25 bits per heavy atom. The highest BCUT2D eigenvalue weighted by molar-refractivity contribution is 6.19. The summed E-state index contributed by atoms with van der Waals surface area (Å²) in [5, 5.41) is 5.92. The van der Waals surface area contributed by atoms with Crippen molar-refractivity contribution in [3.63, 3.8) is 0 Å². The van der Waals surface area contributed by atoms with E-state index in [0.29, 0.717) is 37.1 Å². The summed E-state index contributed by atoms with van der Waals surface area (Å²) in [5.74, 6) is -0.0538. The monoisotopic (exact) mass is 222 g/mol. The highest BCUT2D eigenvalue weighted by Crippen LogP contribution is 2.16. The highest BCUT2D eigenvalue weighted by atomic mass is 16.1. The minimum absolute atomic E-state index is 0.0269. The maximum absolute atomic E-state index is 11.7. The Morgan fingerprint density at radius 1 is 0.875 bits per heavy atom. The van der Waals surface area contributed by atoms with Gasteiger partial charge in [-0.3, -0.25) is 9.59 Å². The van der Waals surface area contributed by atoms with Crippen molar-refractivity contribution in [2.24, 2.45) is 0 Å². The van der Waals surface area contributed by atoms with E-state index >= 15 is 0 Å². The topological polar surface area (TPSA) is 58.2 Å². The van der Waals surface area contributed by atoms with Gasteiger partial charge in [0.2, 0.25) is 0 Å². The second kappa shape index (κ2) is 6.35. The Hall–Kier alpha value is -1.26. The van der Waals surface area contributed by atoms with E-state index in [1.807, 2.05) is 14.1 Å². The summed E-state index contributed by atoms with van der Waals surface area (Å²) >= 11 is 0. The quantitative estimate of drug-likeness (QED) is 0.631. The third-order valence-electron chi connectivity index (χ3n) is 2.53. The van der Waals surface area contributed by atoms with E-state index in [9.17, 15) is 9.59 Å². The molecule has 0 aromatic heterocycles. The number of hydrogen-bond donors (Lipinski definition) is 2. The normalized spacial score (nSPS) is 16.1. The average Bonchev–Trinajstić information content (AvgIpc) is 2.28. The Bertz CT molecular complexity index is 309. The maximum Gasteiger partial charge on any atom is 0.182 e. The van der Waals surface area contributed by atoms with Crippen LogP contribution in [0.3, 0.4) is 0 Å². The van der Waals surface area contributed by atoms with E-state index in [-0.39, 0.29) is 11.6 Å². The van der Waals surface area contributed by atoms with Crippen LogP contribution in [0.2, 0.25) is 0 Å². The van der Waals surface area contributed by atoms with E-state index in [4.69, 9.17) is 0 Å². The Balaban J connectivity index is 2.64. The van der Waals surface area contributed by atoms with Crippen LogP contribution < -0.4 is 10.6 Å². The Kier molecular flexibility index (Phi) is 5.08. The van der Waals surface area contributed by atoms with Gasteiger partial charge in [-0.15, -0.1) is 0 Å². The zero-order chi connectivity index (χ0) is 12.0. The number of hydrogen-bond acceptors (Lipinski definition) is 4. The van der Waals surface area contributed by atoms with Crippen molar-refractivity contribution in [1.82, 2.24) is 10.6 Å². The van der Waals surface area contributed by atoms with Crippen LogP contribution >= 0.6 is 0 Å². The smallest absolute Gasteiger partial charge is 0.182 e. The number of ketones is 2. The molecule has 0 atom stereocenters. The first-order valence-corrected chi connectivity index (χ1v) is 5.48. The Morgan fingerprint density at radius 3 is 1.56 bits per heavy atom. The van der Waals surface area contributed by atoms with Crippen molar-refractivity contribution in [2.45, 2.75) is 12.8 Å². The molecule has 2 N–H and O–H groups in total. The van der Waals surface area contributed by atoms with Gasteiger partial charge in [0.15, 0.2) is 11.6 Å². The van der Waals surface area contributed by atoms with Crippen molar-refractivity contribution in [3.05, 3.63) is 23.3 Å². The first-order valence-electron chi connectivity index (χ1n) is 5.48. The molecular formula is C12H18N2O2. The SMILES string of the molecule is CNCCC1=CC(=O)C(CCNC)=CC1=O. The zero-order valence-electron chi connectivity index (χ0n) is 9.80. The molecule has 4 heteroatoms. The van der Waals surface area contributed by atoms with Gasteiger partial charge in [-0.1, -0.05) is 0 Å². The van der Waals surface area contributed by atoms with E-state index in [1.165, 1.54) is 12.2 Å². The molecule has 0 saturated carbocycles.